The average molecular weight is 435 g/mol. The molecule has 0 aliphatic heterocycles. The molecular weight excluding hydrogens is 418 g/mol. The van der Waals surface area contributed by atoms with Gasteiger partial charge in [-0.25, -0.2) is 15.0 Å². The van der Waals surface area contributed by atoms with Gasteiger partial charge in [0, 0.05) is 6.20 Å². The van der Waals surface area contributed by atoms with Gasteiger partial charge in [0.2, 0.25) is 11.6 Å². The molecule has 13 nitrogen and oxygen atoms in total. The number of hydrogen-bond acceptors (Lipinski definition) is 11. The second-order valence-corrected chi connectivity index (χ2v) is 6.58. The predicted octanol–water partition coefficient (Wildman–Crippen LogP) is 1.93. The normalized spacial score (nSPS) is 11.2. The highest BCUT2D eigenvalue weighted by Gasteiger charge is 2.20. The third-order valence-electron chi connectivity index (χ3n) is 4.49. The van der Waals surface area contributed by atoms with Crippen LogP contribution in [0.25, 0.3) is 5.65 Å². The number of nitrogens with zero attached hydrogens (tertiary/aromatic N) is 6. The number of nitro groups is 1. The summed E-state index contributed by atoms with van der Waals surface area (Å²) in [5.41, 5.74) is 8.48. The van der Waals surface area contributed by atoms with Crippen LogP contribution in [0.1, 0.15) is 16.9 Å². The Morgan fingerprint density at radius 1 is 1.31 bits per heavy atom. The van der Waals surface area contributed by atoms with Crippen LogP contribution in [-0.2, 0) is 6.54 Å². The van der Waals surface area contributed by atoms with Gasteiger partial charge in [-0.3, -0.25) is 24.7 Å². The number of anilines is 3. The van der Waals surface area contributed by atoms with Gasteiger partial charge in [-0.05, 0) is 30.7 Å². The summed E-state index contributed by atoms with van der Waals surface area (Å²) in [6.45, 7) is 2.12. The molecule has 0 atom stereocenters. The minimum atomic E-state index is -0.723. The summed E-state index contributed by atoms with van der Waals surface area (Å²) in [5, 5.41) is 18.3. The molecule has 0 aliphatic rings. The minimum Gasteiger partial charge on any atom is -0.467 e. The topological polar surface area (TPSA) is 179 Å². The molecule has 0 saturated carbocycles. The number of aryl methyl sites for hydroxylation is 1. The SMILES string of the molecule is Cc1cccn2c(=O)c(C=NNc3ncnc(N)c3[N+](=O)[O-])c(NCc3ccco3)nc12. The Bertz CT molecular complexity index is 1380. The number of hydrogen-bond donors (Lipinski definition) is 3. The van der Waals surface area contributed by atoms with E-state index in [1.165, 1.54) is 16.9 Å². The summed E-state index contributed by atoms with van der Waals surface area (Å²) in [4.78, 5) is 35.6. The quantitative estimate of drug-likeness (QED) is 0.220. The highest BCUT2D eigenvalue weighted by atomic mass is 16.6. The van der Waals surface area contributed by atoms with Crippen LogP contribution in [0.15, 0.2) is 57.4 Å². The van der Waals surface area contributed by atoms with E-state index in [0.29, 0.717) is 11.4 Å². The summed E-state index contributed by atoms with van der Waals surface area (Å²) in [7, 11) is 0. The first-order valence-electron chi connectivity index (χ1n) is 9.28. The Balaban J connectivity index is 1.73. The summed E-state index contributed by atoms with van der Waals surface area (Å²) in [5.74, 6) is 0.382. The van der Waals surface area contributed by atoms with Gasteiger partial charge in [0.25, 0.3) is 5.56 Å². The molecule has 162 valence electrons. The summed E-state index contributed by atoms with van der Waals surface area (Å²) >= 11 is 0. The number of fused-ring (bicyclic) bond motifs is 1. The Morgan fingerprint density at radius 2 is 2.16 bits per heavy atom. The van der Waals surface area contributed by atoms with E-state index < -0.39 is 10.6 Å². The third kappa shape index (κ3) is 3.94. The monoisotopic (exact) mass is 435 g/mol. The molecule has 4 N–H and O–H groups in total. The van der Waals surface area contributed by atoms with E-state index in [0.717, 1.165) is 11.9 Å². The zero-order chi connectivity index (χ0) is 22.7. The van der Waals surface area contributed by atoms with Gasteiger partial charge in [0.05, 0.1) is 23.9 Å². The van der Waals surface area contributed by atoms with Crippen LogP contribution in [0.2, 0.25) is 0 Å². The molecule has 0 saturated heterocycles. The van der Waals surface area contributed by atoms with Crippen LogP contribution < -0.4 is 22.0 Å². The molecule has 4 aromatic heterocycles. The van der Waals surface area contributed by atoms with Crippen molar-refractivity contribution in [2.24, 2.45) is 5.10 Å². The molecule has 0 amide bonds. The first-order chi connectivity index (χ1) is 15.5. The molecule has 0 unspecified atom stereocenters. The maximum absolute atomic E-state index is 13.1. The lowest BCUT2D eigenvalue weighted by Crippen LogP contribution is -2.23. The van der Waals surface area contributed by atoms with Crippen LogP contribution in [0, 0.1) is 17.0 Å². The summed E-state index contributed by atoms with van der Waals surface area (Å²) in [6.07, 6.45) is 5.40. The molecule has 0 fully saturated rings. The van der Waals surface area contributed by atoms with Crippen molar-refractivity contribution in [2.45, 2.75) is 13.5 Å². The van der Waals surface area contributed by atoms with Gasteiger partial charge in [0.1, 0.15) is 29.1 Å². The largest absolute Gasteiger partial charge is 0.467 e. The predicted molar refractivity (Wildman–Crippen MR) is 117 cm³/mol. The number of nitrogens with one attached hydrogen (secondary N) is 2. The number of nitrogen functional groups attached to an aromatic ring is 1. The smallest absolute Gasteiger partial charge is 0.354 e. The molecule has 0 bridgehead atoms. The zero-order valence-corrected chi connectivity index (χ0v) is 16.7. The highest BCUT2D eigenvalue weighted by molar-refractivity contribution is 5.87. The van der Waals surface area contributed by atoms with E-state index in [-0.39, 0.29) is 35.1 Å². The molecule has 4 rings (SSSR count). The maximum Gasteiger partial charge on any atom is 0.354 e. The standard InChI is InChI=1S/C19H17N9O4/c1-11-4-2-6-27-18(11)25-16(21-8-12-5-3-7-32-12)13(19(27)29)9-24-26-17-14(28(30)31)15(20)22-10-23-17/h2-7,9-10,21H,8H2,1H3,(H3,20,22,23,26). The van der Waals surface area contributed by atoms with E-state index in [4.69, 9.17) is 10.2 Å². The maximum atomic E-state index is 13.1. The number of furan rings is 1. The molecule has 0 aromatic carbocycles. The van der Waals surface area contributed by atoms with Crippen LogP contribution in [-0.4, -0.2) is 30.5 Å². The molecular formula is C19H17N9O4. The Morgan fingerprint density at radius 3 is 2.91 bits per heavy atom. The molecule has 0 spiro atoms. The lowest BCUT2D eigenvalue weighted by Gasteiger charge is -2.11. The van der Waals surface area contributed by atoms with Crippen molar-refractivity contribution in [1.29, 1.82) is 0 Å². The lowest BCUT2D eigenvalue weighted by atomic mass is 10.2. The van der Waals surface area contributed by atoms with Crippen LogP contribution in [0.4, 0.5) is 23.1 Å². The first-order valence-corrected chi connectivity index (χ1v) is 9.28. The van der Waals surface area contributed by atoms with E-state index in [1.807, 2.05) is 13.0 Å². The summed E-state index contributed by atoms with van der Waals surface area (Å²) in [6, 6.07) is 7.09. The van der Waals surface area contributed by atoms with Crippen LogP contribution >= 0.6 is 0 Å². The van der Waals surface area contributed by atoms with Gasteiger partial charge in [-0.1, -0.05) is 6.07 Å². The van der Waals surface area contributed by atoms with Gasteiger partial charge in [0.15, 0.2) is 0 Å². The molecule has 0 radical (unpaired) electrons. The molecule has 32 heavy (non-hydrogen) atoms. The van der Waals surface area contributed by atoms with Crippen molar-refractivity contribution in [1.82, 2.24) is 19.4 Å². The molecule has 4 aromatic rings. The lowest BCUT2D eigenvalue weighted by molar-refractivity contribution is -0.383. The molecule has 13 heteroatoms. The van der Waals surface area contributed by atoms with E-state index in [1.54, 1.807) is 24.4 Å². The number of hydrazone groups is 1. The average Bonchev–Trinajstić information content (AvgIpc) is 3.28. The van der Waals surface area contributed by atoms with Gasteiger partial charge < -0.3 is 15.5 Å². The first kappa shape index (κ1) is 20.5. The van der Waals surface area contributed by atoms with Crippen LogP contribution in [0.3, 0.4) is 0 Å². The van der Waals surface area contributed by atoms with Gasteiger partial charge in [-0.15, -0.1) is 0 Å². The van der Waals surface area contributed by atoms with Crippen molar-refractivity contribution in [2.75, 3.05) is 16.5 Å². The fourth-order valence-corrected chi connectivity index (χ4v) is 2.96. The van der Waals surface area contributed by atoms with Crippen molar-refractivity contribution in [3.8, 4) is 0 Å². The molecule has 0 aliphatic carbocycles. The second kappa shape index (κ2) is 8.51. The number of aromatic nitrogens is 4. The van der Waals surface area contributed by atoms with E-state index in [9.17, 15) is 14.9 Å². The fourth-order valence-electron chi connectivity index (χ4n) is 2.96. The summed E-state index contributed by atoms with van der Waals surface area (Å²) < 4.78 is 6.70. The highest BCUT2D eigenvalue weighted by Crippen LogP contribution is 2.26. The van der Waals surface area contributed by atoms with Gasteiger partial charge >= 0.3 is 5.69 Å². The third-order valence-corrected chi connectivity index (χ3v) is 4.49. The molecule has 4 heterocycles. The van der Waals surface area contributed by atoms with E-state index >= 15 is 0 Å². The van der Waals surface area contributed by atoms with E-state index in [2.05, 4.69) is 30.8 Å². The number of nitrogens with two attached hydrogens (primary N) is 1. The number of rotatable bonds is 7. The van der Waals surface area contributed by atoms with Crippen molar-refractivity contribution in [3.05, 3.63) is 80.4 Å². The fraction of sp³-hybridized carbons (Fsp3) is 0.105. The number of pyridine rings is 1. The van der Waals surface area contributed by atoms with Crippen LogP contribution in [0.5, 0.6) is 0 Å². The zero-order valence-electron chi connectivity index (χ0n) is 16.7. The Hall–Kier alpha value is -4.81. The minimum absolute atomic E-state index is 0.122. The Kier molecular flexibility index (Phi) is 5.44. The Labute approximate surface area is 179 Å². The van der Waals surface area contributed by atoms with Gasteiger partial charge in [-0.2, -0.15) is 5.10 Å². The van der Waals surface area contributed by atoms with Crippen molar-refractivity contribution >= 4 is 35.0 Å². The van der Waals surface area contributed by atoms with Crippen molar-refractivity contribution in [3.63, 3.8) is 0 Å². The second-order valence-electron chi connectivity index (χ2n) is 6.58. The van der Waals surface area contributed by atoms with Crippen molar-refractivity contribution < 1.29 is 9.34 Å².